The summed E-state index contributed by atoms with van der Waals surface area (Å²) in [4.78, 5) is 23.3. The van der Waals surface area contributed by atoms with E-state index in [9.17, 15) is 14.7 Å². The minimum atomic E-state index is -0.780. The molecule has 1 fully saturated rings. The number of carbonyl (C=O) groups excluding carboxylic acids is 1. The Balaban J connectivity index is 2.46. The smallest absolute Gasteiger partial charge is 0.308 e. The van der Waals surface area contributed by atoms with Gasteiger partial charge in [-0.3, -0.25) is 9.59 Å². The Kier molecular flexibility index (Phi) is 6.03. The van der Waals surface area contributed by atoms with Gasteiger partial charge in [-0.2, -0.15) is 0 Å². The van der Waals surface area contributed by atoms with Crippen molar-refractivity contribution in [3.05, 3.63) is 0 Å². The summed E-state index contributed by atoms with van der Waals surface area (Å²) in [6.45, 7) is 8.59. The topological polar surface area (TPSA) is 66.4 Å². The number of hydrogen-bond donors (Lipinski definition) is 2. The van der Waals surface area contributed by atoms with Crippen molar-refractivity contribution >= 4 is 11.9 Å². The Labute approximate surface area is 122 Å². The standard InChI is InChI=1S/C16H29NO3/c1-11(10-16(2,3)4)9-14(18)17-13-8-6-5-7-12(13)15(19)20/h11-13H,5-10H2,1-4H3,(H,17,18)(H,19,20). The summed E-state index contributed by atoms with van der Waals surface area (Å²) >= 11 is 0. The van der Waals surface area contributed by atoms with Gasteiger partial charge in [-0.1, -0.05) is 40.5 Å². The van der Waals surface area contributed by atoms with Crippen LogP contribution in [0.5, 0.6) is 0 Å². The predicted octanol–water partition coefficient (Wildman–Crippen LogP) is 3.21. The van der Waals surface area contributed by atoms with Gasteiger partial charge in [-0.25, -0.2) is 0 Å². The third-order valence-corrected chi connectivity index (χ3v) is 3.92. The van der Waals surface area contributed by atoms with Crippen LogP contribution in [0.25, 0.3) is 0 Å². The summed E-state index contributed by atoms with van der Waals surface area (Å²) in [5.41, 5.74) is 0.216. The normalized spacial score (nSPS) is 25.0. The Morgan fingerprint density at radius 1 is 1.25 bits per heavy atom. The Morgan fingerprint density at radius 3 is 2.40 bits per heavy atom. The molecule has 0 aromatic carbocycles. The minimum absolute atomic E-state index is 0.0000926. The number of hydrogen-bond acceptors (Lipinski definition) is 2. The fraction of sp³-hybridized carbons (Fsp3) is 0.875. The highest BCUT2D eigenvalue weighted by atomic mass is 16.4. The van der Waals surface area contributed by atoms with Crippen LogP contribution in [0.3, 0.4) is 0 Å². The molecule has 0 radical (unpaired) electrons. The minimum Gasteiger partial charge on any atom is -0.481 e. The highest BCUT2D eigenvalue weighted by molar-refractivity contribution is 5.78. The van der Waals surface area contributed by atoms with Gasteiger partial charge in [0, 0.05) is 12.5 Å². The molecule has 116 valence electrons. The van der Waals surface area contributed by atoms with Crippen LogP contribution in [0.2, 0.25) is 0 Å². The molecular weight excluding hydrogens is 254 g/mol. The molecule has 2 N–H and O–H groups in total. The van der Waals surface area contributed by atoms with E-state index in [1.165, 1.54) is 0 Å². The van der Waals surface area contributed by atoms with Crippen molar-refractivity contribution in [2.24, 2.45) is 17.3 Å². The van der Waals surface area contributed by atoms with Crippen molar-refractivity contribution in [2.45, 2.75) is 72.3 Å². The van der Waals surface area contributed by atoms with Crippen LogP contribution >= 0.6 is 0 Å². The van der Waals surface area contributed by atoms with Crippen molar-refractivity contribution < 1.29 is 14.7 Å². The van der Waals surface area contributed by atoms with Gasteiger partial charge >= 0.3 is 5.97 Å². The van der Waals surface area contributed by atoms with Crippen LogP contribution in [-0.2, 0) is 9.59 Å². The van der Waals surface area contributed by atoms with E-state index in [4.69, 9.17) is 0 Å². The monoisotopic (exact) mass is 283 g/mol. The van der Waals surface area contributed by atoms with Crippen molar-refractivity contribution in [3.8, 4) is 0 Å². The number of carboxylic acid groups (broad SMARTS) is 1. The summed E-state index contributed by atoms with van der Waals surface area (Å²) in [7, 11) is 0. The first-order valence-electron chi connectivity index (χ1n) is 7.71. The molecule has 3 unspecified atom stereocenters. The van der Waals surface area contributed by atoms with Gasteiger partial charge in [-0.15, -0.1) is 0 Å². The summed E-state index contributed by atoms with van der Waals surface area (Å²) in [6, 6.07) is -0.185. The van der Waals surface area contributed by atoms with Crippen molar-refractivity contribution in [2.75, 3.05) is 0 Å². The molecule has 0 aromatic rings. The van der Waals surface area contributed by atoms with Crippen molar-refractivity contribution in [1.82, 2.24) is 5.32 Å². The third-order valence-electron chi connectivity index (χ3n) is 3.92. The van der Waals surface area contributed by atoms with Crippen LogP contribution < -0.4 is 5.32 Å². The molecule has 1 saturated carbocycles. The van der Waals surface area contributed by atoms with E-state index in [0.29, 0.717) is 18.8 Å². The maximum atomic E-state index is 12.1. The zero-order chi connectivity index (χ0) is 15.3. The molecule has 3 atom stereocenters. The SMILES string of the molecule is CC(CC(=O)NC1CCCCC1C(=O)O)CC(C)(C)C. The number of nitrogens with one attached hydrogen (secondary N) is 1. The molecule has 0 spiro atoms. The van der Waals surface area contributed by atoms with Crippen LogP contribution in [0.15, 0.2) is 0 Å². The van der Waals surface area contributed by atoms with Gasteiger partial charge in [-0.05, 0) is 30.6 Å². The van der Waals surface area contributed by atoms with Crippen LogP contribution in [0.1, 0.15) is 66.2 Å². The first-order chi connectivity index (χ1) is 9.19. The lowest BCUT2D eigenvalue weighted by molar-refractivity contribution is -0.144. The maximum absolute atomic E-state index is 12.1. The van der Waals surface area contributed by atoms with Gasteiger partial charge in [0.1, 0.15) is 0 Å². The highest BCUT2D eigenvalue weighted by Gasteiger charge is 2.32. The average Bonchev–Trinajstić information content (AvgIpc) is 2.26. The molecule has 1 rings (SSSR count). The number of rotatable bonds is 5. The van der Waals surface area contributed by atoms with E-state index in [0.717, 1.165) is 25.7 Å². The third kappa shape index (κ3) is 5.93. The molecule has 0 saturated heterocycles. The molecule has 0 heterocycles. The molecule has 1 amide bonds. The lowest BCUT2D eigenvalue weighted by Crippen LogP contribution is -2.45. The summed E-state index contributed by atoms with van der Waals surface area (Å²) in [5.74, 6) is -0.870. The molecule has 4 nitrogen and oxygen atoms in total. The fourth-order valence-electron chi connectivity index (χ4n) is 3.30. The summed E-state index contributed by atoms with van der Waals surface area (Å²) < 4.78 is 0. The van der Waals surface area contributed by atoms with Gasteiger partial charge in [0.05, 0.1) is 5.92 Å². The van der Waals surface area contributed by atoms with E-state index < -0.39 is 11.9 Å². The first-order valence-corrected chi connectivity index (χ1v) is 7.71. The molecule has 4 heteroatoms. The molecular formula is C16H29NO3. The number of carboxylic acids is 1. The van der Waals surface area contributed by atoms with Crippen LogP contribution in [-0.4, -0.2) is 23.0 Å². The molecule has 1 aliphatic rings. The zero-order valence-electron chi connectivity index (χ0n) is 13.2. The van der Waals surface area contributed by atoms with E-state index in [1.54, 1.807) is 0 Å². The lowest BCUT2D eigenvalue weighted by atomic mass is 9.83. The van der Waals surface area contributed by atoms with Gasteiger partial charge in [0.25, 0.3) is 0 Å². The lowest BCUT2D eigenvalue weighted by Gasteiger charge is -2.30. The largest absolute Gasteiger partial charge is 0.481 e. The Bertz CT molecular complexity index is 346. The van der Waals surface area contributed by atoms with E-state index in [1.807, 2.05) is 0 Å². The zero-order valence-corrected chi connectivity index (χ0v) is 13.2. The van der Waals surface area contributed by atoms with E-state index in [2.05, 4.69) is 33.0 Å². The molecule has 0 aromatic heterocycles. The molecule has 20 heavy (non-hydrogen) atoms. The van der Waals surface area contributed by atoms with Gasteiger partial charge in [0.15, 0.2) is 0 Å². The maximum Gasteiger partial charge on any atom is 0.308 e. The van der Waals surface area contributed by atoms with Crippen LogP contribution in [0.4, 0.5) is 0 Å². The quantitative estimate of drug-likeness (QED) is 0.814. The second-order valence-corrected chi connectivity index (χ2v) is 7.48. The van der Waals surface area contributed by atoms with Crippen LogP contribution in [0, 0.1) is 17.3 Å². The van der Waals surface area contributed by atoms with Gasteiger partial charge in [0.2, 0.25) is 5.91 Å². The average molecular weight is 283 g/mol. The summed E-state index contributed by atoms with van der Waals surface area (Å²) in [5, 5.41) is 12.2. The molecule has 1 aliphatic carbocycles. The van der Waals surface area contributed by atoms with Crippen molar-refractivity contribution in [1.29, 1.82) is 0 Å². The van der Waals surface area contributed by atoms with Gasteiger partial charge < -0.3 is 10.4 Å². The number of amides is 1. The molecule has 0 aliphatic heterocycles. The second-order valence-electron chi connectivity index (χ2n) is 7.48. The highest BCUT2D eigenvalue weighted by Crippen LogP contribution is 2.27. The predicted molar refractivity (Wildman–Crippen MR) is 79.4 cm³/mol. The van der Waals surface area contributed by atoms with E-state index in [-0.39, 0.29) is 17.4 Å². The van der Waals surface area contributed by atoms with Crippen molar-refractivity contribution in [3.63, 3.8) is 0 Å². The Morgan fingerprint density at radius 2 is 1.85 bits per heavy atom. The Hall–Kier alpha value is -1.06. The first kappa shape index (κ1) is 17.0. The fourth-order valence-corrected chi connectivity index (χ4v) is 3.30. The second kappa shape index (κ2) is 7.09. The van der Waals surface area contributed by atoms with E-state index >= 15 is 0 Å². The summed E-state index contributed by atoms with van der Waals surface area (Å²) in [6.07, 6.45) is 4.90. The molecule has 0 bridgehead atoms. The number of carbonyl (C=O) groups is 2. The number of aliphatic carboxylic acids is 1.